The molecule has 0 radical (unpaired) electrons. The summed E-state index contributed by atoms with van der Waals surface area (Å²) in [6, 6.07) is 31.3. The van der Waals surface area contributed by atoms with E-state index in [1.54, 1.807) is 0 Å². The number of ether oxygens (including phenoxy) is 1. The molecule has 0 bridgehead atoms. The third kappa shape index (κ3) is 3.84. The van der Waals surface area contributed by atoms with Crippen LogP contribution in [0.1, 0.15) is 61.5 Å². The van der Waals surface area contributed by atoms with Crippen molar-refractivity contribution in [3.8, 4) is 0 Å². The van der Waals surface area contributed by atoms with E-state index in [2.05, 4.69) is 80.6 Å². The monoisotopic (exact) mass is 446 g/mol. The van der Waals surface area contributed by atoms with Gasteiger partial charge in [-0.1, -0.05) is 86.6 Å². The molecule has 1 atom stereocenters. The van der Waals surface area contributed by atoms with Crippen molar-refractivity contribution in [1.82, 2.24) is 0 Å². The summed E-state index contributed by atoms with van der Waals surface area (Å²) in [6.07, 6.45) is 1.07. The maximum atomic E-state index is 13.0. The Morgan fingerprint density at radius 3 is 1.76 bits per heavy atom. The van der Waals surface area contributed by atoms with Gasteiger partial charge in [0, 0.05) is 0 Å². The van der Waals surface area contributed by atoms with Gasteiger partial charge in [0.1, 0.15) is 5.60 Å². The highest BCUT2D eigenvalue weighted by atomic mass is 16.6. The quantitative estimate of drug-likeness (QED) is 0.199. The molecule has 0 aromatic heterocycles. The molecule has 34 heavy (non-hydrogen) atoms. The van der Waals surface area contributed by atoms with Gasteiger partial charge in [-0.15, -0.1) is 0 Å². The summed E-state index contributed by atoms with van der Waals surface area (Å²) in [5, 5.41) is 7.32. The highest BCUT2D eigenvalue weighted by Crippen LogP contribution is 2.37. The predicted octanol–water partition coefficient (Wildman–Crippen LogP) is 8.75. The molecule has 5 rings (SSSR count). The third-order valence-corrected chi connectivity index (χ3v) is 7.12. The Hall–Kier alpha value is -3.65. The summed E-state index contributed by atoms with van der Waals surface area (Å²) in [5.41, 5.74) is 2.03. The van der Waals surface area contributed by atoms with E-state index in [1.165, 1.54) is 37.9 Å². The van der Waals surface area contributed by atoms with E-state index in [4.69, 9.17) is 4.74 Å². The first-order valence-electron chi connectivity index (χ1n) is 12.1. The van der Waals surface area contributed by atoms with Crippen molar-refractivity contribution in [1.29, 1.82) is 0 Å². The predicted molar refractivity (Wildman–Crippen MR) is 143 cm³/mol. The fourth-order valence-electron chi connectivity index (χ4n) is 4.82. The number of rotatable bonds is 5. The van der Waals surface area contributed by atoms with E-state index in [0.29, 0.717) is 11.5 Å². The van der Waals surface area contributed by atoms with Gasteiger partial charge in [0.15, 0.2) is 0 Å². The number of hydrogen-bond donors (Lipinski definition) is 0. The first-order valence-corrected chi connectivity index (χ1v) is 12.1. The molecule has 0 N–H and O–H groups in total. The number of esters is 1. The summed E-state index contributed by atoms with van der Waals surface area (Å²) >= 11 is 0. The van der Waals surface area contributed by atoms with Crippen LogP contribution in [0.15, 0.2) is 91.0 Å². The van der Waals surface area contributed by atoms with E-state index < -0.39 is 5.60 Å². The summed E-state index contributed by atoms with van der Waals surface area (Å²) in [5.74, 6) is 0.175. The van der Waals surface area contributed by atoms with E-state index in [0.717, 1.165) is 12.0 Å². The summed E-state index contributed by atoms with van der Waals surface area (Å²) in [6.45, 7) is 8.29. The fraction of sp³-hybridized carbons (Fsp3) is 0.219. The Kier molecular flexibility index (Phi) is 5.61. The molecule has 1 unspecified atom stereocenters. The van der Waals surface area contributed by atoms with Gasteiger partial charge in [0.25, 0.3) is 0 Å². The zero-order valence-corrected chi connectivity index (χ0v) is 20.3. The topological polar surface area (TPSA) is 26.3 Å². The molecule has 0 aliphatic carbocycles. The second kappa shape index (κ2) is 8.61. The lowest BCUT2D eigenvalue weighted by molar-refractivity contribution is -0.00307. The van der Waals surface area contributed by atoms with Crippen molar-refractivity contribution >= 4 is 38.3 Å². The van der Waals surface area contributed by atoms with Crippen LogP contribution in [0.5, 0.6) is 0 Å². The first kappa shape index (κ1) is 22.2. The minimum atomic E-state index is -0.770. The molecule has 0 amide bonds. The van der Waals surface area contributed by atoms with Crippen LogP contribution in [-0.2, 0) is 10.3 Å². The molecule has 0 saturated heterocycles. The molecule has 0 aliphatic heterocycles. The van der Waals surface area contributed by atoms with Gasteiger partial charge in [-0.3, -0.25) is 0 Å². The van der Waals surface area contributed by atoms with Gasteiger partial charge < -0.3 is 4.74 Å². The Morgan fingerprint density at radius 1 is 0.735 bits per heavy atom. The number of carbonyl (C=O) groups excluding carboxylic acids is 1. The summed E-state index contributed by atoms with van der Waals surface area (Å²) in [7, 11) is 0. The molecule has 0 aliphatic rings. The van der Waals surface area contributed by atoms with Crippen LogP contribution in [-0.4, -0.2) is 5.97 Å². The molecule has 2 nitrogen and oxygen atoms in total. The second-order valence-electron chi connectivity index (χ2n) is 9.68. The van der Waals surface area contributed by atoms with Crippen molar-refractivity contribution in [2.75, 3.05) is 0 Å². The minimum Gasteiger partial charge on any atom is -0.451 e. The van der Waals surface area contributed by atoms with Crippen molar-refractivity contribution in [2.45, 2.75) is 45.6 Å². The van der Waals surface area contributed by atoms with Crippen LogP contribution >= 0.6 is 0 Å². The van der Waals surface area contributed by atoms with Crippen LogP contribution in [0, 0.1) is 0 Å². The molecule has 170 valence electrons. The maximum Gasteiger partial charge on any atom is 0.338 e. The van der Waals surface area contributed by atoms with Gasteiger partial charge in [-0.25, -0.2) is 4.79 Å². The van der Waals surface area contributed by atoms with Crippen LogP contribution < -0.4 is 0 Å². The Bertz CT molecular complexity index is 1470. The molecule has 5 aromatic rings. The van der Waals surface area contributed by atoms with Gasteiger partial charge >= 0.3 is 5.97 Å². The van der Waals surface area contributed by atoms with E-state index in [1.807, 2.05) is 38.1 Å². The molecule has 0 heterocycles. The van der Waals surface area contributed by atoms with Crippen molar-refractivity contribution in [2.24, 2.45) is 0 Å². The van der Waals surface area contributed by atoms with Crippen molar-refractivity contribution in [3.63, 3.8) is 0 Å². The molecular formula is C32H30O2. The van der Waals surface area contributed by atoms with Gasteiger partial charge in [-0.05, 0) is 87.8 Å². The van der Waals surface area contributed by atoms with Crippen molar-refractivity contribution in [3.05, 3.63) is 108 Å². The van der Waals surface area contributed by atoms with E-state index in [-0.39, 0.29) is 5.97 Å². The molecule has 0 saturated carbocycles. The highest BCUT2D eigenvalue weighted by Gasteiger charge is 2.27. The zero-order valence-electron chi connectivity index (χ0n) is 20.3. The van der Waals surface area contributed by atoms with E-state index in [9.17, 15) is 4.79 Å². The SMILES string of the molecule is CCC(C)c1ccc(C(=O)OC(C)(C)c2ccc3c4ccccc4c4ccccc4c3c2)cc1. The zero-order chi connectivity index (χ0) is 23.9. The Labute approximate surface area is 201 Å². The molecule has 5 aromatic carbocycles. The molecule has 2 heteroatoms. The molecule has 0 fully saturated rings. The number of benzene rings is 5. The van der Waals surface area contributed by atoms with Crippen molar-refractivity contribution < 1.29 is 9.53 Å². The van der Waals surface area contributed by atoms with Gasteiger partial charge in [0.2, 0.25) is 0 Å². The lowest BCUT2D eigenvalue weighted by Gasteiger charge is -2.26. The number of hydrogen-bond acceptors (Lipinski definition) is 2. The average molecular weight is 447 g/mol. The lowest BCUT2D eigenvalue weighted by atomic mass is 9.90. The normalized spacial score (nSPS) is 12.8. The minimum absolute atomic E-state index is 0.302. The largest absolute Gasteiger partial charge is 0.451 e. The van der Waals surface area contributed by atoms with Gasteiger partial charge in [-0.2, -0.15) is 0 Å². The van der Waals surface area contributed by atoms with Gasteiger partial charge in [0.05, 0.1) is 5.56 Å². The Balaban J connectivity index is 1.54. The summed E-state index contributed by atoms with van der Waals surface area (Å²) < 4.78 is 6.05. The highest BCUT2D eigenvalue weighted by molar-refractivity contribution is 6.25. The standard InChI is InChI=1S/C32H30O2/c1-5-21(2)22-14-16-23(17-15-22)31(33)34-32(3,4)24-18-19-29-27-12-7-6-10-25(27)26-11-8-9-13-28(26)30(29)20-24/h6-21H,5H2,1-4H3. The smallest absolute Gasteiger partial charge is 0.338 e. The Morgan fingerprint density at radius 2 is 1.24 bits per heavy atom. The number of carbonyl (C=O) groups is 1. The van der Waals surface area contributed by atoms with Crippen LogP contribution in [0.3, 0.4) is 0 Å². The molecule has 0 spiro atoms. The first-order chi connectivity index (χ1) is 16.4. The number of fused-ring (bicyclic) bond motifs is 6. The van der Waals surface area contributed by atoms with E-state index >= 15 is 0 Å². The second-order valence-corrected chi connectivity index (χ2v) is 9.68. The van der Waals surface area contributed by atoms with Crippen LogP contribution in [0.2, 0.25) is 0 Å². The fourth-order valence-corrected chi connectivity index (χ4v) is 4.82. The van der Waals surface area contributed by atoms with Crippen LogP contribution in [0.25, 0.3) is 32.3 Å². The molecular weight excluding hydrogens is 416 g/mol. The lowest BCUT2D eigenvalue weighted by Crippen LogP contribution is -2.25. The maximum absolute atomic E-state index is 13.0. The van der Waals surface area contributed by atoms with Crippen LogP contribution in [0.4, 0.5) is 0 Å². The third-order valence-electron chi connectivity index (χ3n) is 7.12. The average Bonchev–Trinajstić information content (AvgIpc) is 2.88. The summed E-state index contributed by atoms with van der Waals surface area (Å²) in [4.78, 5) is 13.0.